The highest BCUT2D eigenvalue weighted by molar-refractivity contribution is 5.51. The van der Waals surface area contributed by atoms with E-state index in [0.717, 1.165) is 12.8 Å². The Hall–Kier alpha value is -1.60. The van der Waals surface area contributed by atoms with Gasteiger partial charge in [0.1, 0.15) is 11.9 Å². The minimum atomic E-state index is -0.0193. The van der Waals surface area contributed by atoms with Crippen LogP contribution in [0.4, 0.5) is 5.82 Å². The summed E-state index contributed by atoms with van der Waals surface area (Å²) < 4.78 is 5.87. The van der Waals surface area contributed by atoms with Crippen LogP contribution in [-0.4, -0.2) is 23.2 Å². The molecule has 1 atom stereocenters. The van der Waals surface area contributed by atoms with Gasteiger partial charge >= 0.3 is 0 Å². The van der Waals surface area contributed by atoms with E-state index in [9.17, 15) is 0 Å². The van der Waals surface area contributed by atoms with Gasteiger partial charge in [-0.1, -0.05) is 0 Å². The van der Waals surface area contributed by atoms with E-state index in [-0.39, 0.29) is 11.7 Å². The average Bonchev–Trinajstić information content (AvgIpc) is 2.67. The van der Waals surface area contributed by atoms with Gasteiger partial charge in [-0.2, -0.15) is 5.26 Å². The van der Waals surface area contributed by atoms with Crippen LogP contribution in [0.15, 0.2) is 18.3 Å². The largest absolute Gasteiger partial charge is 0.371 e. The minimum absolute atomic E-state index is 0.0193. The molecular formula is C13H17N3O. The van der Waals surface area contributed by atoms with Gasteiger partial charge in [0.05, 0.1) is 17.3 Å². The minimum Gasteiger partial charge on any atom is -0.371 e. The third-order valence-electron chi connectivity index (χ3n) is 2.98. The van der Waals surface area contributed by atoms with Gasteiger partial charge in [0, 0.05) is 12.7 Å². The smallest absolute Gasteiger partial charge is 0.143 e. The molecule has 1 aliphatic rings. The van der Waals surface area contributed by atoms with E-state index in [1.54, 1.807) is 18.3 Å². The molecule has 0 amide bonds. The number of ether oxygens (including phenoxy) is 1. The van der Waals surface area contributed by atoms with E-state index in [1.807, 2.05) is 0 Å². The summed E-state index contributed by atoms with van der Waals surface area (Å²) in [4.78, 5) is 4.16. The van der Waals surface area contributed by atoms with Crippen molar-refractivity contribution in [3.63, 3.8) is 0 Å². The molecule has 1 aliphatic heterocycles. The van der Waals surface area contributed by atoms with Gasteiger partial charge in [0.15, 0.2) is 0 Å². The van der Waals surface area contributed by atoms with Crippen molar-refractivity contribution in [1.29, 1.82) is 5.26 Å². The van der Waals surface area contributed by atoms with Gasteiger partial charge in [-0.05, 0) is 38.8 Å². The molecular weight excluding hydrogens is 214 g/mol. The fraction of sp³-hybridized carbons (Fsp3) is 0.538. The molecule has 1 saturated heterocycles. The van der Waals surface area contributed by atoms with Crippen LogP contribution in [0.3, 0.4) is 0 Å². The zero-order valence-corrected chi connectivity index (χ0v) is 10.2. The highest BCUT2D eigenvalue weighted by atomic mass is 16.5. The van der Waals surface area contributed by atoms with Crippen LogP contribution in [0.5, 0.6) is 0 Å². The number of anilines is 1. The quantitative estimate of drug-likeness (QED) is 0.867. The van der Waals surface area contributed by atoms with E-state index >= 15 is 0 Å². The van der Waals surface area contributed by atoms with Crippen LogP contribution in [0, 0.1) is 11.3 Å². The number of aromatic nitrogens is 1. The van der Waals surface area contributed by atoms with Crippen LogP contribution in [0.2, 0.25) is 0 Å². The van der Waals surface area contributed by atoms with Gasteiger partial charge in [-0.15, -0.1) is 0 Å². The number of nitriles is 1. The van der Waals surface area contributed by atoms with E-state index < -0.39 is 0 Å². The molecule has 0 saturated carbocycles. The fourth-order valence-electron chi connectivity index (χ4n) is 2.07. The van der Waals surface area contributed by atoms with E-state index in [2.05, 4.69) is 30.2 Å². The Balaban J connectivity index is 1.93. The Morgan fingerprint density at radius 2 is 2.47 bits per heavy atom. The molecule has 17 heavy (non-hydrogen) atoms. The maximum Gasteiger partial charge on any atom is 0.143 e. The van der Waals surface area contributed by atoms with Gasteiger partial charge in [0.2, 0.25) is 0 Å². The third-order valence-corrected chi connectivity index (χ3v) is 2.98. The second-order valence-electron chi connectivity index (χ2n) is 4.93. The summed E-state index contributed by atoms with van der Waals surface area (Å²) in [5.41, 5.74) is 0.555. The molecule has 1 N–H and O–H groups in total. The maximum atomic E-state index is 8.93. The Bertz CT molecular complexity index is 437. The lowest BCUT2D eigenvalue weighted by Crippen LogP contribution is -2.25. The molecule has 0 aliphatic carbocycles. The van der Waals surface area contributed by atoms with Crippen LogP contribution < -0.4 is 5.32 Å². The van der Waals surface area contributed by atoms with E-state index in [4.69, 9.17) is 10.00 Å². The second-order valence-corrected chi connectivity index (χ2v) is 4.93. The SMILES string of the molecule is CC1(C)CCC(CNc2ncccc2C#N)O1. The van der Waals surface area contributed by atoms with Crippen LogP contribution >= 0.6 is 0 Å². The van der Waals surface area contributed by atoms with Crippen LogP contribution in [-0.2, 0) is 4.74 Å². The van der Waals surface area contributed by atoms with Crippen molar-refractivity contribution >= 4 is 5.82 Å². The standard InChI is InChI=1S/C13H17N3O/c1-13(2)6-5-11(17-13)9-16-12-10(8-14)4-3-7-15-12/h3-4,7,11H,5-6,9H2,1-2H3,(H,15,16). The fourth-order valence-corrected chi connectivity index (χ4v) is 2.07. The first kappa shape index (κ1) is 11.9. The van der Waals surface area contributed by atoms with Crippen molar-refractivity contribution in [1.82, 2.24) is 4.98 Å². The summed E-state index contributed by atoms with van der Waals surface area (Å²) in [6.45, 7) is 4.91. The number of hydrogen-bond acceptors (Lipinski definition) is 4. The number of pyridine rings is 1. The molecule has 0 bridgehead atoms. The highest BCUT2D eigenvalue weighted by Gasteiger charge is 2.31. The Morgan fingerprint density at radius 1 is 1.65 bits per heavy atom. The molecule has 1 unspecified atom stereocenters. The van der Waals surface area contributed by atoms with Crippen molar-refractivity contribution in [3.05, 3.63) is 23.9 Å². The summed E-state index contributed by atoms with van der Waals surface area (Å²) in [7, 11) is 0. The van der Waals surface area contributed by atoms with Crippen molar-refractivity contribution < 1.29 is 4.74 Å². The van der Waals surface area contributed by atoms with Crippen LogP contribution in [0.1, 0.15) is 32.3 Å². The normalized spacial score (nSPS) is 22.1. The summed E-state index contributed by atoms with van der Waals surface area (Å²) >= 11 is 0. The van der Waals surface area contributed by atoms with Crippen molar-refractivity contribution in [2.75, 3.05) is 11.9 Å². The molecule has 1 aromatic heterocycles. The van der Waals surface area contributed by atoms with Crippen molar-refractivity contribution in [3.8, 4) is 6.07 Å². The molecule has 1 aromatic rings. The van der Waals surface area contributed by atoms with Crippen molar-refractivity contribution in [2.24, 2.45) is 0 Å². The molecule has 2 heterocycles. The molecule has 1 fully saturated rings. The monoisotopic (exact) mass is 231 g/mol. The van der Waals surface area contributed by atoms with Gasteiger partial charge in [-0.3, -0.25) is 0 Å². The number of hydrogen-bond donors (Lipinski definition) is 1. The van der Waals surface area contributed by atoms with Crippen LogP contribution in [0.25, 0.3) is 0 Å². The first-order valence-corrected chi connectivity index (χ1v) is 5.87. The highest BCUT2D eigenvalue weighted by Crippen LogP contribution is 2.29. The van der Waals surface area contributed by atoms with E-state index in [0.29, 0.717) is 17.9 Å². The Kier molecular flexibility index (Phi) is 3.30. The Morgan fingerprint density at radius 3 is 3.12 bits per heavy atom. The molecule has 4 heteroatoms. The Labute approximate surface area is 102 Å². The summed E-state index contributed by atoms with van der Waals surface area (Å²) in [6, 6.07) is 5.64. The average molecular weight is 231 g/mol. The topological polar surface area (TPSA) is 57.9 Å². The molecule has 0 radical (unpaired) electrons. The van der Waals surface area contributed by atoms with Crippen molar-refractivity contribution in [2.45, 2.75) is 38.4 Å². The van der Waals surface area contributed by atoms with Gasteiger partial charge in [-0.25, -0.2) is 4.98 Å². The predicted octanol–water partition coefficient (Wildman–Crippen LogP) is 2.32. The summed E-state index contributed by atoms with van der Waals surface area (Å²) in [5, 5.41) is 12.1. The maximum absolute atomic E-state index is 8.93. The third kappa shape index (κ3) is 2.95. The molecule has 0 aromatic carbocycles. The molecule has 0 spiro atoms. The zero-order chi connectivity index (χ0) is 12.3. The number of rotatable bonds is 3. The lowest BCUT2D eigenvalue weighted by molar-refractivity contribution is -0.00913. The first-order chi connectivity index (χ1) is 8.11. The number of nitrogens with one attached hydrogen (secondary N) is 1. The summed E-state index contributed by atoms with van der Waals surface area (Å²) in [6.07, 6.45) is 4.02. The lowest BCUT2D eigenvalue weighted by Gasteiger charge is -2.19. The van der Waals surface area contributed by atoms with Gasteiger partial charge < -0.3 is 10.1 Å². The van der Waals surface area contributed by atoms with E-state index in [1.165, 1.54) is 0 Å². The predicted molar refractivity (Wildman–Crippen MR) is 65.6 cm³/mol. The first-order valence-electron chi connectivity index (χ1n) is 5.87. The molecule has 2 rings (SSSR count). The lowest BCUT2D eigenvalue weighted by atomic mass is 10.1. The number of nitrogens with zero attached hydrogens (tertiary/aromatic N) is 2. The molecule has 4 nitrogen and oxygen atoms in total. The summed E-state index contributed by atoms with van der Waals surface area (Å²) in [5.74, 6) is 0.642. The molecule has 90 valence electrons. The second kappa shape index (κ2) is 4.72. The zero-order valence-electron chi connectivity index (χ0n) is 10.2. The van der Waals surface area contributed by atoms with Gasteiger partial charge in [0.25, 0.3) is 0 Å².